The third kappa shape index (κ3) is 4.42. The molecule has 0 aliphatic heterocycles. The van der Waals surface area contributed by atoms with E-state index in [1.165, 1.54) is 0 Å². The molecule has 0 aliphatic carbocycles. The maximum Gasteiger partial charge on any atom is 0.254 e. The highest BCUT2D eigenvalue weighted by molar-refractivity contribution is 5.95. The molecule has 29 heavy (non-hydrogen) atoms. The van der Waals surface area contributed by atoms with Gasteiger partial charge in [0.2, 0.25) is 0 Å². The van der Waals surface area contributed by atoms with E-state index in [0.717, 1.165) is 22.9 Å². The van der Waals surface area contributed by atoms with Crippen molar-refractivity contribution in [3.8, 4) is 11.5 Å². The van der Waals surface area contributed by atoms with E-state index in [1.807, 2.05) is 38.1 Å². The van der Waals surface area contributed by atoms with Crippen LogP contribution in [-0.4, -0.2) is 36.6 Å². The maximum absolute atomic E-state index is 13.2. The van der Waals surface area contributed by atoms with Crippen molar-refractivity contribution in [2.45, 2.75) is 26.8 Å². The number of H-pyrrole nitrogens is 1. The second-order valence-electron chi connectivity index (χ2n) is 6.99. The fraction of sp³-hybridized carbons (Fsp3) is 0.304. The van der Waals surface area contributed by atoms with E-state index in [-0.39, 0.29) is 18.0 Å². The fourth-order valence-corrected chi connectivity index (χ4v) is 3.39. The van der Waals surface area contributed by atoms with Crippen LogP contribution in [0, 0.1) is 6.92 Å². The van der Waals surface area contributed by atoms with Gasteiger partial charge in [0.1, 0.15) is 11.5 Å². The predicted molar refractivity (Wildman–Crippen MR) is 114 cm³/mol. The monoisotopic (exact) mass is 394 g/mol. The lowest BCUT2D eigenvalue weighted by atomic mass is 10.1. The predicted octanol–water partition coefficient (Wildman–Crippen LogP) is 3.91. The van der Waals surface area contributed by atoms with Gasteiger partial charge in [-0.1, -0.05) is 25.1 Å². The molecule has 0 spiro atoms. The standard InChI is InChI=1S/C23H26N2O4/c1-5-9-25(23(27)17-11-19(28-3)13-20(12-17)29-4)14-18-10-16-8-6-7-15(2)21(16)24-22(18)26/h6-8,10-13H,5,9,14H2,1-4H3,(H,24,26). The Morgan fingerprint density at radius 1 is 1.07 bits per heavy atom. The van der Waals surface area contributed by atoms with Gasteiger partial charge in [0.05, 0.1) is 26.3 Å². The number of aryl methyl sites for hydroxylation is 1. The lowest BCUT2D eigenvalue weighted by Crippen LogP contribution is -2.33. The molecule has 0 unspecified atom stereocenters. The number of methoxy groups -OCH3 is 2. The summed E-state index contributed by atoms with van der Waals surface area (Å²) in [4.78, 5) is 30.5. The molecule has 0 bridgehead atoms. The van der Waals surface area contributed by atoms with Crippen LogP contribution in [0.3, 0.4) is 0 Å². The van der Waals surface area contributed by atoms with Gasteiger partial charge in [-0.2, -0.15) is 0 Å². The summed E-state index contributed by atoms with van der Waals surface area (Å²) in [5.74, 6) is 0.916. The van der Waals surface area contributed by atoms with Crippen molar-refractivity contribution in [2.75, 3.05) is 20.8 Å². The quantitative estimate of drug-likeness (QED) is 0.660. The molecular formula is C23H26N2O4. The number of aromatic nitrogens is 1. The molecule has 0 aliphatic rings. The van der Waals surface area contributed by atoms with Crippen molar-refractivity contribution in [1.82, 2.24) is 9.88 Å². The number of ether oxygens (including phenoxy) is 2. The number of nitrogens with one attached hydrogen (secondary N) is 1. The van der Waals surface area contributed by atoms with E-state index < -0.39 is 0 Å². The summed E-state index contributed by atoms with van der Waals surface area (Å²) in [7, 11) is 3.09. The molecule has 1 heterocycles. The number of nitrogens with zero attached hydrogens (tertiary/aromatic N) is 1. The van der Waals surface area contributed by atoms with E-state index in [9.17, 15) is 9.59 Å². The Labute approximate surface area is 170 Å². The summed E-state index contributed by atoms with van der Waals surface area (Å²) in [5.41, 5.74) is 2.68. The van der Waals surface area contributed by atoms with E-state index >= 15 is 0 Å². The molecule has 2 aromatic carbocycles. The summed E-state index contributed by atoms with van der Waals surface area (Å²) in [6.45, 7) is 4.72. The van der Waals surface area contributed by atoms with Gasteiger partial charge in [0, 0.05) is 23.7 Å². The summed E-state index contributed by atoms with van der Waals surface area (Å²) in [5, 5.41) is 0.951. The van der Waals surface area contributed by atoms with Gasteiger partial charge < -0.3 is 19.4 Å². The van der Waals surface area contributed by atoms with Crippen molar-refractivity contribution in [2.24, 2.45) is 0 Å². The van der Waals surface area contributed by atoms with Crippen molar-refractivity contribution >= 4 is 16.8 Å². The zero-order chi connectivity index (χ0) is 21.0. The molecule has 6 heteroatoms. The average molecular weight is 394 g/mol. The molecule has 0 atom stereocenters. The van der Waals surface area contributed by atoms with Crippen molar-refractivity contribution in [3.05, 3.63) is 69.5 Å². The van der Waals surface area contributed by atoms with Gasteiger partial charge in [-0.25, -0.2) is 0 Å². The minimum absolute atomic E-state index is 0.173. The molecule has 1 aromatic heterocycles. The SMILES string of the molecule is CCCN(Cc1cc2cccc(C)c2[nH]c1=O)C(=O)c1cc(OC)cc(OC)c1. The van der Waals surface area contributed by atoms with E-state index in [2.05, 4.69) is 4.98 Å². The van der Waals surface area contributed by atoms with E-state index in [0.29, 0.717) is 29.2 Å². The Morgan fingerprint density at radius 2 is 1.76 bits per heavy atom. The van der Waals surface area contributed by atoms with Crippen LogP contribution < -0.4 is 15.0 Å². The van der Waals surface area contributed by atoms with Crippen LogP contribution >= 0.6 is 0 Å². The third-order valence-electron chi connectivity index (χ3n) is 4.91. The Morgan fingerprint density at radius 3 is 2.38 bits per heavy atom. The number of para-hydroxylation sites is 1. The number of carbonyl (C=O) groups is 1. The Balaban J connectivity index is 1.97. The summed E-state index contributed by atoms with van der Waals surface area (Å²) in [6, 6.07) is 12.8. The molecule has 0 radical (unpaired) electrons. The number of rotatable bonds is 7. The number of hydrogen-bond acceptors (Lipinski definition) is 4. The lowest BCUT2D eigenvalue weighted by Gasteiger charge is -2.23. The number of benzene rings is 2. The largest absolute Gasteiger partial charge is 0.497 e. The van der Waals surface area contributed by atoms with Gasteiger partial charge in [-0.3, -0.25) is 9.59 Å². The van der Waals surface area contributed by atoms with Gasteiger partial charge in [-0.15, -0.1) is 0 Å². The average Bonchev–Trinajstić information content (AvgIpc) is 2.73. The number of pyridine rings is 1. The summed E-state index contributed by atoms with van der Waals surface area (Å²) in [6.07, 6.45) is 0.775. The first-order chi connectivity index (χ1) is 14.0. The molecule has 3 rings (SSSR count). The number of aromatic amines is 1. The highest BCUT2D eigenvalue weighted by Gasteiger charge is 2.19. The number of hydrogen-bond donors (Lipinski definition) is 1. The lowest BCUT2D eigenvalue weighted by molar-refractivity contribution is 0.0742. The first kappa shape index (κ1) is 20.5. The smallest absolute Gasteiger partial charge is 0.254 e. The zero-order valence-corrected chi connectivity index (χ0v) is 17.2. The molecule has 0 saturated carbocycles. The van der Waals surface area contributed by atoms with Crippen molar-refractivity contribution in [1.29, 1.82) is 0 Å². The fourth-order valence-electron chi connectivity index (χ4n) is 3.39. The van der Waals surface area contributed by atoms with Crippen LogP contribution in [0.5, 0.6) is 11.5 Å². The minimum atomic E-state index is -0.177. The molecule has 1 N–H and O–H groups in total. The first-order valence-corrected chi connectivity index (χ1v) is 9.60. The minimum Gasteiger partial charge on any atom is -0.497 e. The van der Waals surface area contributed by atoms with Gasteiger partial charge in [-0.05, 0) is 42.5 Å². The maximum atomic E-state index is 13.2. The van der Waals surface area contributed by atoms with Gasteiger partial charge in [0.15, 0.2) is 0 Å². The molecule has 6 nitrogen and oxygen atoms in total. The number of amides is 1. The third-order valence-corrected chi connectivity index (χ3v) is 4.91. The first-order valence-electron chi connectivity index (χ1n) is 9.60. The number of fused-ring (bicyclic) bond motifs is 1. The molecule has 1 amide bonds. The van der Waals surface area contributed by atoms with Crippen LogP contribution in [-0.2, 0) is 6.54 Å². The second-order valence-corrected chi connectivity index (χ2v) is 6.99. The summed E-state index contributed by atoms with van der Waals surface area (Å²) >= 11 is 0. The van der Waals surface area contributed by atoms with Crippen LogP contribution in [0.1, 0.15) is 34.8 Å². The highest BCUT2D eigenvalue weighted by atomic mass is 16.5. The Hall–Kier alpha value is -3.28. The van der Waals surface area contributed by atoms with E-state index in [4.69, 9.17) is 9.47 Å². The molecular weight excluding hydrogens is 368 g/mol. The van der Waals surface area contributed by atoms with Crippen LogP contribution in [0.15, 0.2) is 47.3 Å². The molecule has 3 aromatic rings. The normalized spacial score (nSPS) is 10.8. The molecule has 0 fully saturated rings. The topological polar surface area (TPSA) is 71.6 Å². The molecule has 0 saturated heterocycles. The van der Waals surface area contributed by atoms with Crippen LogP contribution in [0.4, 0.5) is 0 Å². The van der Waals surface area contributed by atoms with E-state index in [1.54, 1.807) is 37.3 Å². The van der Waals surface area contributed by atoms with Gasteiger partial charge in [0.25, 0.3) is 11.5 Å². The van der Waals surface area contributed by atoms with Crippen LogP contribution in [0.25, 0.3) is 10.9 Å². The summed E-state index contributed by atoms with van der Waals surface area (Å²) < 4.78 is 10.6. The van der Waals surface area contributed by atoms with Crippen molar-refractivity contribution < 1.29 is 14.3 Å². The second kappa shape index (κ2) is 8.82. The Bertz CT molecular complexity index is 1070. The zero-order valence-electron chi connectivity index (χ0n) is 17.2. The Kier molecular flexibility index (Phi) is 6.22. The number of carbonyl (C=O) groups excluding carboxylic acids is 1. The molecule has 152 valence electrons. The highest BCUT2D eigenvalue weighted by Crippen LogP contribution is 2.24. The van der Waals surface area contributed by atoms with Crippen LogP contribution in [0.2, 0.25) is 0 Å². The van der Waals surface area contributed by atoms with Crippen molar-refractivity contribution in [3.63, 3.8) is 0 Å². The van der Waals surface area contributed by atoms with Gasteiger partial charge >= 0.3 is 0 Å².